The molecule has 4 aromatic rings. The monoisotopic (exact) mass is 320 g/mol. The van der Waals surface area contributed by atoms with Crippen LogP contribution in [0.5, 0.6) is 5.75 Å². The Bertz CT molecular complexity index is 1110. The van der Waals surface area contributed by atoms with E-state index in [-0.39, 0.29) is 5.63 Å². The minimum absolute atomic E-state index is 0.347. The molecule has 0 atom stereocenters. The summed E-state index contributed by atoms with van der Waals surface area (Å²) in [5.74, 6) is 0.811. The molecule has 0 N–H and O–H groups in total. The maximum atomic E-state index is 11.6. The van der Waals surface area contributed by atoms with Crippen LogP contribution < -0.4 is 10.4 Å². The van der Waals surface area contributed by atoms with Gasteiger partial charge in [-0.3, -0.25) is 0 Å². The number of ether oxygens (including phenoxy) is 1. The van der Waals surface area contributed by atoms with Crippen LogP contribution in [0.15, 0.2) is 56.3 Å². The average Bonchev–Trinajstić information content (AvgIpc) is 2.99. The first-order valence-electron chi connectivity index (χ1n) is 7.68. The Morgan fingerprint density at radius 3 is 2.38 bits per heavy atom. The number of furan rings is 1. The third-order valence-corrected chi connectivity index (χ3v) is 4.35. The fraction of sp³-hybridized carbons (Fsp3) is 0.150. The molecule has 0 saturated heterocycles. The van der Waals surface area contributed by atoms with Gasteiger partial charge in [0.1, 0.15) is 16.9 Å². The van der Waals surface area contributed by atoms with Crippen molar-refractivity contribution >= 4 is 21.9 Å². The van der Waals surface area contributed by atoms with Crippen molar-refractivity contribution in [1.29, 1.82) is 0 Å². The summed E-state index contributed by atoms with van der Waals surface area (Å²) in [6, 6.07) is 11.3. The zero-order chi connectivity index (χ0) is 16.8. The van der Waals surface area contributed by atoms with Gasteiger partial charge in [0, 0.05) is 17.0 Å². The molecule has 4 nitrogen and oxygen atoms in total. The number of benzene rings is 2. The number of methoxy groups -OCH3 is 1. The molecule has 0 radical (unpaired) electrons. The van der Waals surface area contributed by atoms with Crippen LogP contribution in [0.4, 0.5) is 0 Å². The molecule has 4 heteroatoms. The predicted octanol–water partition coefficient (Wildman–Crippen LogP) is 4.83. The first-order chi connectivity index (χ1) is 11.6. The fourth-order valence-corrected chi connectivity index (χ4v) is 3.21. The molecule has 0 amide bonds. The molecule has 0 bridgehead atoms. The Morgan fingerprint density at radius 2 is 1.67 bits per heavy atom. The van der Waals surface area contributed by atoms with Crippen molar-refractivity contribution in [3.05, 3.63) is 64.2 Å². The molecule has 4 rings (SSSR count). The number of hydrogen-bond acceptors (Lipinski definition) is 4. The molecule has 120 valence electrons. The molecular formula is C20H16O4. The normalized spacial score (nSPS) is 11.3. The molecule has 0 spiro atoms. The molecule has 0 aliphatic carbocycles. The molecule has 2 aromatic carbocycles. The summed E-state index contributed by atoms with van der Waals surface area (Å²) in [7, 11) is 1.65. The standard InChI is InChI=1S/C20H16O4/c1-11-8-16-19(12(2)9-17(21)24-16)20-18(11)15(10-23-20)13-4-6-14(22-3)7-5-13/h4-10H,1-3H3. The second-order valence-electron chi connectivity index (χ2n) is 5.90. The Balaban J connectivity index is 2.05. The van der Waals surface area contributed by atoms with Crippen LogP contribution in [0.2, 0.25) is 0 Å². The number of aryl methyl sites for hydroxylation is 2. The lowest BCUT2D eigenvalue weighted by molar-refractivity contribution is 0.415. The Labute approximate surface area is 138 Å². The van der Waals surface area contributed by atoms with Crippen molar-refractivity contribution in [3.8, 4) is 16.9 Å². The highest BCUT2D eigenvalue weighted by Crippen LogP contribution is 2.38. The van der Waals surface area contributed by atoms with Crippen molar-refractivity contribution in [3.63, 3.8) is 0 Å². The maximum Gasteiger partial charge on any atom is 0.336 e. The fourth-order valence-electron chi connectivity index (χ4n) is 3.21. The quantitative estimate of drug-likeness (QED) is 0.496. The van der Waals surface area contributed by atoms with Crippen molar-refractivity contribution in [1.82, 2.24) is 0 Å². The topological polar surface area (TPSA) is 52.6 Å². The van der Waals surface area contributed by atoms with E-state index >= 15 is 0 Å². The molecule has 2 aromatic heterocycles. The molecule has 0 unspecified atom stereocenters. The molecular weight excluding hydrogens is 304 g/mol. The van der Waals surface area contributed by atoms with E-state index in [2.05, 4.69) is 0 Å². The van der Waals surface area contributed by atoms with Gasteiger partial charge < -0.3 is 13.6 Å². The van der Waals surface area contributed by atoms with Gasteiger partial charge in [-0.05, 0) is 48.7 Å². The maximum absolute atomic E-state index is 11.6. The van der Waals surface area contributed by atoms with Gasteiger partial charge in [0.2, 0.25) is 0 Å². The van der Waals surface area contributed by atoms with Gasteiger partial charge in [-0.2, -0.15) is 0 Å². The van der Waals surface area contributed by atoms with E-state index in [0.29, 0.717) is 5.58 Å². The first-order valence-corrected chi connectivity index (χ1v) is 7.68. The van der Waals surface area contributed by atoms with Crippen LogP contribution >= 0.6 is 0 Å². The van der Waals surface area contributed by atoms with Gasteiger partial charge in [-0.1, -0.05) is 12.1 Å². The lowest BCUT2D eigenvalue weighted by Crippen LogP contribution is -1.98. The van der Waals surface area contributed by atoms with Crippen LogP contribution in [-0.2, 0) is 0 Å². The van der Waals surface area contributed by atoms with Crippen molar-refractivity contribution < 1.29 is 13.6 Å². The molecule has 0 aliphatic heterocycles. The number of fused-ring (bicyclic) bond motifs is 3. The zero-order valence-corrected chi connectivity index (χ0v) is 13.7. The van der Waals surface area contributed by atoms with Gasteiger partial charge in [-0.25, -0.2) is 4.79 Å². The highest BCUT2D eigenvalue weighted by Gasteiger charge is 2.17. The average molecular weight is 320 g/mol. The highest BCUT2D eigenvalue weighted by atomic mass is 16.5. The van der Waals surface area contributed by atoms with Crippen molar-refractivity contribution in [2.24, 2.45) is 0 Å². The van der Waals surface area contributed by atoms with Gasteiger partial charge >= 0.3 is 5.63 Å². The van der Waals surface area contributed by atoms with E-state index in [1.807, 2.05) is 44.2 Å². The van der Waals surface area contributed by atoms with Gasteiger partial charge in [-0.15, -0.1) is 0 Å². The summed E-state index contributed by atoms with van der Waals surface area (Å²) < 4.78 is 16.4. The second kappa shape index (κ2) is 5.27. The summed E-state index contributed by atoms with van der Waals surface area (Å²) in [6.45, 7) is 3.89. The molecule has 0 aliphatic rings. The summed E-state index contributed by atoms with van der Waals surface area (Å²) in [6.07, 6.45) is 1.75. The third kappa shape index (κ3) is 2.11. The largest absolute Gasteiger partial charge is 0.497 e. The molecule has 0 saturated carbocycles. The smallest absolute Gasteiger partial charge is 0.336 e. The van der Waals surface area contributed by atoms with Crippen molar-refractivity contribution in [2.45, 2.75) is 13.8 Å². The second-order valence-corrected chi connectivity index (χ2v) is 5.90. The van der Waals surface area contributed by atoms with Crippen LogP contribution in [0.1, 0.15) is 11.1 Å². The zero-order valence-electron chi connectivity index (χ0n) is 13.7. The summed E-state index contributed by atoms with van der Waals surface area (Å²) in [5, 5.41) is 1.87. The van der Waals surface area contributed by atoms with Crippen LogP contribution in [0, 0.1) is 13.8 Å². The van der Waals surface area contributed by atoms with E-state index in [9.17, 15) is 4.79 Å². The van der Waals surface area contributed by atoms with E-state index < -0.39 is 0 Å². The Kier molecular flexibility index (Phi) is 3.20. The summed E-state index contributed by atoms with van der Waals surface area (Å²) in [4.78, 5) is 11.6. The van der Waals surface area contributed by atoms with Crippen LogP contribution in [-0.4, -0.2) is 7.11 Å². The Hall–Kier alpha value is -3.01. The van der Waals surface area contributed by atoms with Crippen LogP contribution in [0.25, 0.3) is 33.1 Å². The van der Waals surface area contributed by atoms with Gasteiger partial charge in [0.25, 0.3) is 0 Å². The van der Waals surface area contributed by atoms with Crippen LogP contribution in [0.3, 0.4) is 0 Å². The minimum atomic E-state index is -0.347. The SMILES string of the molecule is COc1ccc(-c2coc3c2c(C)cc2oc(=O)cc(C)c23)cc1. The first kappa shape index (κ1) is 14.6. The van der Waals surface area contributed by atoms with E-state index in [4.69, 9.17) is 13.6 Å². The highest BCUT2D eigenvalue weighted by molar-refractivity contribution is 6.10. The Morgan fingerprint density at radius 1 is 0.958 bits per heavy atom. The predicted molar refractivity (Wildman–Crippen MR) is 93.7 cm³/mol. The lowest BCUT2D eigenvalue weighted by atomic mass is 9.98. The molecule has 24 heavy (non-hydrogen) atoms. The van der Waals surface area contributed by atoms with Gasteiger partial charge in [0.15, 0.2) is 0 Å². The minimum Gasteiger partial charge on any atom is -0.497 e. The third-order valence-electron chi connectivity index (χ3n) is 4.35. The van der Waals surface area contributed by atoms with E-state index in [1.165, 1.54) is 6.07 Å². The summed E-state index contributed by atoms with van der Waals surface area (Å²) >= 11 is 0. The summed E-state index contributed by atoms with van der Waals surface area (Å²) in [5.41, 5.74) is 4.87. The van der Waals surface area contributed by atoms with Crippen molar-refractivity contribution in [2.75, 3.05) is 7.11 Å². The number of hydrogen-bond donors (Lipinski definition) is 0. The van der Waals surface area contributed by atoms with E-state index in [0.717, 1.165) is 44.4 Å². The van der Waals surface area contributed by atoms with Gasteiger partial charge in [0.05, 0.1) is 18.8 Å². The lowest BCUT2D eigenvalue weighted by Gasteiger charge is -2.06. The molecule has 0 fully saturated rings. The number of rotatable bonds is 2. The van der Waals surface area contributed by atoms with E-state index in [1.54, 1.807) is 13.4 Å². The molecule has 2 heterocycles.